The van der Waals surface area contributed by atoms with Crippen molar-refractivity contribution in [3.63, 3.8) is 0 Å². The van der Waals surface area contributed by atoms with E-state index in [0.29, 0.717) is 0 Å². The number of nitrogens with zero attached hydrogens (tertiary/aromatic N) is 3. The molecule has 0 atom stereocenters. The van der Waals surface area contributed by atoms with Crippen molar-refractivity contribution < 1.29 is 0 Å². The molecular weight excluding hydrogens is 442 g/mol. The summed E-state index contributed by atoms with van der Waals surface area (Å²) in [6, 6.07) is 30.3. The number of rotatable bonds is 1. The predicted molar refractivity (Wildman–Crippen MR) is 139 cm³/mol. The van der Waals surface area contributed by atoms with E-state index in [1.54, 1.807) is 23.1 Å². The summed E-state index contributed by atoms with van der Waals surface area (Å²) in [6.07, 6.45) is 0. The number of hydrogen-bond donors (Lipinski definition) is 0. The molecule has 4 heterocycles. The molecule has 154 valence electrons. The van der Waals surface area contributed by atoms with Gasteiger partial charge < -0.3 is 0 Å². The Morgan fingerprint density at radius 1 is 0.697 bits per heavy atom. The zero-order chi connectivity index (χ0) is 21.5. The Morgan fingerprint density at radius 2 is 1.58 bits per heavy atom. The minimum Gasteiger partial charge on any atom is -0.278 e. The van der Waals surface area contributed by atoms with E-state index in [1.807, 2.05) is 0 Å². The second-order valence-corrected chi connectivity index (χ2v) is 10.3. The van der Waals surface area contributed by atoms with Crippen LogP contribution in [0.2, 0.25) is 0 Å². The molecule has 8 rings (SSSR count). The van der Waals surface area contributed by atoms with Crippen LogP contribution >= 0.6 is 23.1 Å². The highest BCUT2D eigenvalue weighted by molar-refractivity contribution is 7.99. The lowest BCUT2D eigenvalue weighted by molar-refractivity contribution is 1.01. The molecule has 0 saturated heterocycles. The maximum absolute atomic E-state index is 5.23. The fraction of sp³-hybridized carbons (Fsp3) is 0. The van der Waals surface area contributed by atoms with Crippen LogP contribution in [0.4, 0.5) is 0 Å². The number of fused-ring (bicyclic) bond motifs is 6. The first-order valence-electron chi connectivity index (χ1n) is 10.8. The third-order valence-corrected chi connectivity index (χ3v) is 8.50. The average Bonchev–Trinajstić information content (AvgIpc) is 3.44. The molecule has 5 heteroatoms. The van der Waals surface area contributed by atoms with Crippen molar-refractivity contribution in [2.24, 2.45) is 0 Å². The van der Waals surface area contributed by atoms with E-state index in [4.69, 9.17) is 9.97 Å². The number of benzene rings is 4. The maximum Gasteiger partial charge on any atom is 0.235 e. The molecule has 3 nitrogen and oxygen atoms in total. The Bertz CT molecular complexity index is 1910. The molecule has 4 aromatic carbocycles. The van der Waals surface area contributed by atoms with Gasteiger partial charge in [0.2, 0.25) is 5.95 Å². The third kappa shape index (κ3) is 2.41. The van der Waals surface area contributed by atoms with Gasteiger partial charge in [-0.2, -0.15) is 0 Å². The standard InChI is InChI=1S/C28H15N3S2/c1-3-9-21-17(6-1)19-14-16-12-13-32-25(16)15-22(19)31(21)28-29-20-8-5-11-24-26(20)27(30-28)18-7-2-4-10-23(18)33-24/h1-15H. The molecule has 3 aromatic heterocycles. The molecule has 0 amide bonds. The predicted octanol–water partition coefficient (Wildman–Crippen LogP) is 8.07. The normalized spacial score (nSPS) is 12.7. The SMILES string of the molecule is c1ccc2c(c1)Sc1cccc3nc(-n4c5ccccc5c5cc6ccsc6cc54)nc-2c13. The van der Waals surface area contributed by atoms with Crippen LogP contribution in [0, 0.1) is 0 Å². The van der Waals surface area contributed by atoms with Crippen molar-refractivity contribution in [2.75, 3.05) is 0 Å². The van der Waals surface area contributed by atoms with Crippen LogP contribution in [-0.2, 0) is 0 Å². The Morgan fingerprint density at radius 3 is 2.58 bits per heavy atom. The molecule has 0 fully saturated rings. The summed E-state index contributed by atoms with van der Waals surface area (Å²) < 4.78 is 3.51. The van der Waals surface area contributed by atoms with E-state index in [9.17, 15) is 0 Å². The Balaban J connectivity index is 1.54. The molecule has 1 aliphatic heterocycles. The van der Waals surface area contributed by atoms with Gasteiger partial charge in [-0.05, 0) is 53.2 Å². The Hall–Kier alpha value is -3.67. The van der Waals surface area contributed by atoms with Gasteiger partial charge >= 0.3 is 0 Å². The van der Waals surface area contributed by atoms with Gasteiger partial charge in [0.25, 0.3) is 0 Å². The highest BCUT2D eigenvalue weighted by atomic mass is 32.2. The van der Waals surface area contributed by atoms with E-state index < -0.39 is 0 Å². The number of hydrogen-bond acceptors (Lipinski definition) is 4. The molecule has 0 unspecified atom stereocenters. The lowest BCUT2D eigenvalue weighted by Crippen LogP contribution is -2.05. The van der Waals surface area contributed by atoms with Crippen molar-refractivity contribution in [1.82, 2.24) is 14.5 Å². The van der Waals surface area contributed by atoms with Crippen LogP contribution in [-0.4, -0.2) is 14.5 Å². The molecule has 0 saturated carbocycles. The van der Waals surface area contributed by atoms with Gasteiger partial charge in [-0.3, -0.25) is 4.57 Å². The van der Waals surface area contributed by atoms with E-state index in [-0.39, 0.29) is 0 Å². The highest BCUT2D eigenvalue weighted by Gasteiger charge is 2.23. The van der Waals surface area contributed by atoms with Gasteiger partial charge in [0.1, 0.15) is 0 Å². The highest BCUT2D eigenvalue weighted by Crippen LogP contribution is 2.47. The van der Waals surface area contributed by atoms with Crippen molar-refractivity contribution in [3.05, 3.63) is 90.3 Å². The topological polar surface area (TPSA) is 30.7 Å². The lowest BCUT2D eigenvalue weighted by atomic mass is 10.1. The van der Waals surface area contributed by atoms with Gasteiger partial charge in [0, 0.05) is 36.2 Å². The van der Waals surface area contributed by atoms with Crippen LogP contribution < -0.4 is 0 Å². The van der Waals surface area contributed by atoms with Gasteiger partial charge in [-0.15, -0.1) is 11.3 Å². The molecule has 33 heavy (non-hydrogen) atoms. The van der Waals surface area contributed by atoms with Crippen molar-refractivity contribution >= 4 is 65.9 Å². The molecule has 0 bridgehead atoms. The summed E-state index contributed by atoms with van der Waals surface area (Å²) in [6.45, 7) is 0. The number of aromatic nitrogens is 3. The first kappa shape index (κ1) is 17.8. The van der Waals surface area contributed by atoms with Crippen molar-refractivity contribution in [1.29, 1.82) is 0 Å². The van der Waals surface area contributed by atoms with E-state index in [1.165, 1.54) is 36.2 Å². The summed E-state index contributed by atoms with van der Waals surface area (Å²) >= 11 is 3.57. The Kier molecular flexibility index (Phi) is 3.48. The van der Waals surface area contributed by atoms with E-state index in [2.05, 4.69) is 94.9 Å². The van der Waals surface area contributed by atoms with Crippen LogP contribution in [0.25, 0.3) is 60.0 Å². The van der Waals surface area contributed by atoms with Gasteiger partial charge in [0.15, 0.2) is 0 Å². The first-order chi connectivity index (χ1) is 16.3. The maximum atomic E-state index is 5.23. The largest absolute Gasteiger partial charge is 0.278 e. The molecule has 7 aromatic rings. The molecule has 0 radical (unpaired) electrons. The van der Waals surface area contributed by atoms with Crippen molar-refractivity contribution in [3.8, 4) is 17.2 Å². The van der Waals surface area contributed by atoms with Gasteiger partial charge in [-0.25, -0.2) is 9.97 Å². The minimum absolute atomic E-state index is 0.721. The van der Waals surface area contributed by atoms with Crippen LogP contribution in [0.1, 0.15) is 0 Å². The first-order valence-corrected chi connectivity index (χ1v) is 12.5. The second kappa shape index (κ2) is 6.44. The third-order valence-electron chi connectivity index (χ3n) is 6.48. The fourth-order valence-corrected chi connectivity index (χ4v) is 6.94. The minimum atomic E-state index is 0.721. The summed E-state index contributed by atoms with van der Waals surface area (Å²) in [5.74, 6) is 0.721. The summed E-state index contributed by atoms with van der Waals surface area (Å²) in [5, 5.41) is 7.04. The number of thiophene rings is 1. The lowest BCUT2D eigenvalue weighted by Gasteiger charge is -2.20. The quantitative estimate of drug-likeness (QED) is 0.250. The monoisotopic (exact) mass is 457 g/mol. The van der Waals surface area contributed by atoms with E-state index in [0.717, 1.165) is 33.6 Å². The van der Waals surface area contributed by atoms with Crippen LogP contribution in [0.5, 0.6) is 0 Å². The fourth-order valence-electron chi connectivity index (χ4n) is 5.03. The van der Waals surface area contributed by atoms with E-state index >= 15 is 0 Å². The Labute approximate surface area is 197 Å². The molecular formula is C28H15N3S2. The zero-order valence-electron chi connectivity index (χ0n) is 17.3. The average molecular weight is 458 g/mol. The molecule has 0 N–H and O–H groups in total. The molecule has 1 aliphatic rings. The zero-order valence-corrected chi connectivity index (χ0v) is 19.0. The van der Waals surface area contributed by atoms with Crippen molar-refractivity contribution in [2.45, 2.75) is 9.79 Å². The number of para-hydroxylation sites is 1. The van der Waals surface area contributed by atoms with Crippen LogP contribution in [0.15, 0.2) is 100 Å². The smallest absolute Gasteiger partial charge is 0.235 e. The van der Waals surface area contributed by atoms with Gasteiger partial charge in [-0.1, -0.05) is 54.2 Å². The summed E-state index contributed by atoms with van der Waals surface area (Å²) in [7, 11) is 0. The second-order valence-electron chi connectivity index (χ2n) is 8.30. The van der Waals surface area contributed by atoms with Gasteiger partial charge in [0.05, 0.1) is 22.2 Å². The summed E-state index contributed by atoms with van der Waals surface area (Å²) in [4.78, 5) is 12.8. The molecule has 0 aliphatic carbocycles. The summed E-state index contributed by atoms with van der Waals surface area (Å²) in [5.41, 5.74) is 5.45. The molecule has 0 spiro atoms. The van der Waals surface area contributed by atoms with Crippen LogP contribution in [0.3, 0.4) is 0 Å².